The molecule has 2 bridgehead atoms. The van der Waals surface area contributed by atoms with Gasteiger partial charge in [-0.25, -0.2) is 0 Å². The fourth-order valence-corrected chi connectivity index (χ4v) is 5.76. The highest BCUT2D eigenvalue weighted by Crippen LogP contribution is 2.52. The molecule has 3 fully saturated rings. The van der Waals surface area contributed by atoms with Crippen LogP contribution in [0.2, 0.25) is 0 Å². The van der Waals surface area contributed by atoms with Crippen molar-refractivity contribution in [2.45, 2.75) is 20.3 Å². The Morgan fingerprint density at radius 1 is 1.06 bits per heavy atom. The molecule has 31 heavy (non-hydrogen) atoms. The lowest BCUT2D eigenvalue weighted by atomic mass is 9.85. The lowest BCUT2D eigenvalue weighted by Gasteiger charge is -2.35. The Morgan fingerprint density at radius 3 is 2.26 bits per heavy atom. The third-order valence-electron chi connectivity index (χ3n) is 7.51. The highest BCUT2D eigenvalue weighted by Gasteiger charge is 2.58. The molecule has 8 heteroatoms. The van der Waals surface area contributed by atoms with Gasteiger partial charge in [0.1, 0.15) is 0 Å². The summed E-state index contributed by atoms with van der Waals surface area (Å²) in [5.41, 5.74) is 0. The number of piperazine rings is 1. The van der Waals surface area contributed by atoms with Crippen LogP contribution in [-0.4, -0.2) is 98.4 Å². The van der Waals surface area contributed by atoms with Crippen molar-refractivity contribution in [2.24, 2.45) is 34.6 Å². The van der Waals surface area contributed by atoms with Gasteiger partial charge in [0.15, 0.2) is 5.96 Å². The second kappa shape index (κ2) is 9.69. The molecule has 0 aromatic heterocycles. The van der Waals surface area contributed by atoms with Crippen molar-refractivity contribution in [1.82, 2.24) is 25.3 Å². The van der Waals surface area contributed by atoms with Crippen molar-refractivity contribution >= 4 is 17.8 Å². The highest BCUT2D eigenvalue weighted by molar-refractivity contribution is 6.06. The van der Waals surface area contributed by atoms with Gasteiger partial charge < -0.3 is 20.4 Å². The normalized spacial score (nSPS) is 32.1. The van der Waals surface area contributed by atoms with Crippen LogP contribution >= 0.6 is 0 Å². The maximum Gasteiger partial charge on any atom is 0.233 e. The summed E-state index contributed by atoms with van der Waals surface area (Å²) in [4.78, 5) is 36.3. The number of hydrogen-bond donors (Lipinski definition) is 2. The fourth-order valence-electron chi connectivity index (χ4n) is 5.76. The fraction of sp³-hybridized carbons (Fsp3) is 0.783. The second-order valence-electron chi connectivity index (χ2n) is 9.55. The molecule has 1 saturated carbocycles. The van der Waals surface area contributed by atoms with Gasteiger partial charge in [0, 0.05) is 59.4 Å². The monoisotopic (exact) mass is 430 g/mol. The number of amides is 2. The zero-order valence-electron chi connectivity index (χ0n) is 19.2. The molecular formula is C23H38N6O2. The summed E-state index contributed by atoms with van der Waals surface area (Å²) in [6.45, 7) is 13.1. The quantitative estimate of drug-likeness (QED) is 0.248. The van der Waals surface area contributed by atoms with Crippen molar-refractivity contribution in [3.05, 3.63) is 12.2 Å². The average Bonchev–Trinajstić information content (AvgIpc) is 3.46. The summed E-state index contributed by atoms with van der Waals surface area (Å²) >= 11 is 0. The van der Waals surface area contributed by atoms with Gasteiger partial charge >= 0.3 is 0 Å². The van der Waals surface area contributed by atoms with E-state index < -0.39 is 0 Å². The summed E-state index contributed by atoms with van der Waals surface area (Å²) in [6, 6.07) is 0. The minimum Gasteiger partial charge on any atom is -0.356 e. The number of carbonyl (C=O) groups excluding carboxylic acids is 2. The smallest absolute Gasteiger partial charge is 0.233 e. The number of guanidine groups is 1. The van der Waals surface area contributed by atoms with Gasteiger partial charge in [-0.15, -0.1) is 0 Å². The topological polar surface area (TPSA) is 80.3 Å². The summed E-state index contributed by atoms with van der Waals surface area (Å²) in [6.07, 6.45) is 5.24. The minimum atomic E-state index is -0.111. The number of likely N-dealkylation sites (N-methyl/N-ethyl adjacent to an activating group) is 1. The molecule has 172 valence electrons. The van der Waals surface area contributed by atoms with E-state index in [0.29, 0.717) is 19.0 Å². The molecular weight excluding hydrogens is 392 g/mol. The SMILES string of the molecule is CCN1CCN(CC(C)CNC(=NC)NCCN2C(=O)C3C4C=CC(C4)C3C2=O)CC1. The van der Waals surface area contributed by atoms with E-state index in [-0.39, 0.29) is 35.5 Å². The van der Waals surface area contributed by atoms with Gasteiger partial charge in [0.25, 0.3) is 0 Å². The Morgan fingerprint density at radius 2 is 1.68 bits per heavy atom. The van der Waals surface area contributed by atoms with Crippen molar-refractivity contribution < 1.29 is 9.59 Å². The highest BCUT2D eigenvalue weighted by atomic mass is 16.2. The Balaban J connectivity index is 1.16. The Bertz CT molecular complexity index is 700. The molecule has 2 amide bonds. The standard InChI is InChI=1S/C23H38N6O2/c1-4-27-9-11-28(12-10-27)15-16(2)14-26-23(24-3)25-7-8-29-21(30)19-17-5-6-18(13-17)20(19)22(29)31/h5-6,16-20H,4,7-15H2,1-3H3,(H2,24,25,26). The number of fused-ring (bicyclic) bond motifs is 5. The molecule has 0 radical (unpaired) electrons. The number of rotatable bonds is 8. The molecule has 2 aliphatic heterocycles. The first-order valence-electron chi connectivity index (χ1n) is 11.9. The van der Waals surface area contributed by atoms with Crippen LogP contribution in [0.1, 0.15) is 20.3 Å². The molecule has 2 saturated heterocycles. The van der Waals surface area contributed by atoms with E-state index in [4.69, 9.17) is 0 Å². The molecule has 5 atom stereocenters. The van der Waals surface area contributed by atoms with Crippen molar-refractivity contribution in [2.75, 3.05) is 66.0 Å². The molecule has 2 aliphatic carbocycles. The lowest BCUT2D eigenvalue weighted by Crippen LogP contribution is -2.49. The van der Waals surface area contributed by atoms with Gasteiger partial charge in [-0.3, -0.25) is 19.5 Å². The van der Waals surface area contributed by atoms with Crippen LogP contribution in [0, 0.1) is 29.6 Å². The van der Waals surface area contributed by atoms with E-state index >= 15 is 0 Å². The first-order valence-corrected chi connectivity index (χ1v) is 11.9. The van der Waals surface area contributed by atoms with Crippen LogP contribution in [-0.2, 0) is 9.59 Å². The summed E-state index contributed by atoms with van der Waals surface area (Å²) in [7, 11) is 1.75. The van der Waals surface area contributed by atoms with Crippen LogP contribution in [0.15, 0.2) is 17.1 Å². The Kier molecular flexibility index (Phi) is 6.96. The van der Waals surface area contributed by atoms with Crippen molar-refractivity contribution in [3.63, 3.8) is 0 Å². The number of nitrogens with one attached hydrogen (secondary N) is 2. The van der Waals surface area contributed by atoms with Crippen molar-refractivity contribution in [1.29, 1.82) is 0 Å². The predicted molar refractivity (Wildman–Crippen MR) is 122 cm³/mol. The van der Waals surface area contributed by atoms with E-state index in [1.54, 1.807) is 7.05 Å². The number of imide groups is 1. The van der Waals surface area contributed by atoms with Gasteiger partial charge in [-0.05, 0) is 30.7 Å². The lowest BCUT2D eigenvalue weighted by molar-refractivity contribution is -0.140. The first-order chi connectivity index (χ1) is 15.0. The molecule has 0 aromatic carbocycles. The average molecular weight is 431 g/mol. The Labute approximate surface area is 186 Å². The maximum absolute atomic E-state index is 12.8. The van der Waals surface area contributed by atoms with E-state index in [2.05, 4.69) is 51.4 Å². The van der Waals surface area contributed by atoms with Gasteiger partial charge in [-0.2, -0.15) is 0 Å². The molecule has 8 nitrogen and oxygen atoms in total. The molecule has 2 N–H and O–H groups in total. The molecule has 5 unspecified atom stereocenters. The number of carbonyl (C=O) groups is 2. The number of likely N-dealkylation sites (tertiary alicyclic amines) is 1. The molecule has 4 aliphatic rings. The predicted octanol–water partition coefficient (Wildman–Crippen LogP) is 0.232. The van der Waals surface area contributed by atoms with Crippen LogP contribution in [0.5, 0.6) is 0 Å². The van der Waals surface area contributed by atoms with Crippen molar-refractivity contribution in [3.8, 4) is 0 Å². The number of hydrogen-bond acceptors (Lipinski definition) is 5. The summed E-state index contributed by atoms with van der Waals surface area (Å²) < 4.78 is 0. The molecule has 2 heterocycles. The van der Waals surface area contributed by atoms with Crippen LogP contribution in [0.4, 0.5) is 0 Å². The van der Waals surface area contributed by atoms with E-state index in [1.165, 1.54) is 4.90 Å². The Hall–Kier alpha value is -1.93. The van der Waals surface area contributed by atoms with Crippen LogP contribution in [0.3, 0.4) is 0 Å². The summed E-state index contributed by atoms with van der Waals surface area (Å²) in [5, 5.41) is 6.66. The van der Waals surface area contributed by atoms with E-state index in [9.17, 15) is 9.59 Å². The summed E-state index contributed by atoms with van der Waals surface area (Å²) in [5.74, 6) is 1.59. The second-order valence-corrected chi connectivity index (χ2v) is 9.55. The van der Waals surface area contributed by atoms with E-state index in [1.807, 2.05) is 0 Å². The largest absolute Gasteiger partial charge is 0.356 e. The van der Waals surface area contributed by atoms with Gasteiger partial charge in [0.2, 0.25) is 11.8 Å². The minimum absolute atomic E-state index is 0.0217. The van der Waals surface area contributed by atoms with Crippen LogP contribution < -0.4 is 10.6 Å². The third-order valence-corrected chi connectivity index (χ3v) is 7.51. The number of nitrogens with zero attached hydrogens (tertiary/aromatic N) is 4. The zero-order chi connectivity index (χ0) is 22.0. The van der Waals surface area contributed by atoms with Gasteiger partial charge in [0.05, 0.1) is 11.8 Å². The van der Waals surface area contributed by atoms with E-state index in [0.717, 1.165) is 58.2 Å². The molecule has 0 aromatic rings. The number of aliphatic imine (C=N–C) groups is 1. The first kappa shape index (κ1) is 22.3. The third kappa shape index (κ3) is 4.65. The maximum atomic E-state index is 12.8. The molecule has 0 spiro atoms. The molecule has 4 rings (SSSR count). The van der Waals surface area contributed by atoms with Crippen LogP contribution in [0.25, 0.3) is 0 Å². The zero-order valence-corrected chi connectivity index (χ0v) is 19.2. The number of allylic oxidation sites excluding steroid dienone is 2. The van der Waals surface area contributed by atoms with Gasteiger partial charge in [-0.1, -0.05) is 26.0 Å².